The Kier molecular flexibility index (Phi) is 5.95. The highest BCUT2D eigenvalue weighted by Gasteiger charge is 2.17. The number of nitrogens with one attached hydrogen (secondary N) is 1. The highest BCUT2D eigenvalue weighted by Crippen LogP contribution is 2.31. The first-order valence-electron chi connectivity index (χ1n) is 4.82. The van der Waals surface area contributed by atoms with Gasteiger partial charge < -0.3 is 15.2 Å². The van der Waals surface area contributed by atoms with E-state index in [1.165, 1.54) is 23.5 Å². The molecular weight excluding hydrogens is 258 g/mol. The van der Waals surface area contributed by atoms with Crippen LogP contribution in [0.3, 0.4) is 0 Å². The zero-order chi connectivity index (χ0) is 12.7. The molecule has 0 atom stereocenters. The maximum absolute atomic E-state index is 9.01. The fourth-order valence-electron chi connectivity index (χ4n) is 1.18. The van der Waals surface area contributed by atoms with Gasteiger partial charge in [0.25, 0.3) is 0 Å². The molecule has 0 radical (unpaired) electrons. The van der Waals surface area contributed by atoms with Crippen molar-refractivity contribution in [2.75, 3.05) is 24.7 Å². The topological polar surface area (TPSA) is 104 Å². The lowest BCUT2D eigenvalue weighted by Gasteiger charge is -1.96. The van der Waals surface area contributed by atoms with Gasteiger partial charge in [0.2, 0.25) is 0 Å². The summed E-state index contributed by atoms with van der Waals surface area (Å²) in [4.78, 5) is 2.98. The number of aliphatic hydroxyl groups is 2. The number of aromatic nitrogens is 1. The average Bonchev–Trinajstić information content (AvgIpc) is 2.70. The summed E-state index contributed by atoms with van der Waals surface area (Å²) in [7, 11) is 0. The van der Waals surface area contributed by atoms with Crippen LogP contribution in [0.25, 0.3) is 0 Å². The van der Waals surface area contributed by atoms with Gasteiger partial charge in [0, 0.05) is 11.5 Å². The van der Waals surface area contributed by atoms with Crippen molar-refractivity contribution in [3.05, 3.63) is 11.1 Å². The molecule has 0 aliphatic heterocycles. The van der Waals surface area contributed by atoms with E-state index in [2.05, 4.69) is 4.98 Å². The van der Waals surface area contributed by atoms with Crippen molar-refractivity contribution in [3.8, 4) is 12.1 Å². The lowest BCUT2D eigenvalue weighted by Crippen LogP contribution is -1.87. The summed E-state index contributed by atoms with van der Waals surface area (Å²) >= 11 is 2.60. The second kappa shape index (κ2) is 7.25. The zero-order valence-corrected chi connectivity index (χ0v) is 10.6. The Bertz CT molecular complexity index is 419. The minimum Gasteiger partial charge on any atom is -0.396 e. The molecule has 0 unspecified atom stereocenters. The maximum Gasteiger partial charge on any atom is 0.103 e. The summed E-state index contributed by atoms with van der Waals surface area (Å²) in [5.74, 6) is 0.925. The molecule has 0 saturated carbocycles. The summed E-state index contributed by atoms with van der Waals surface area (Å²) in [5, 5.41) is 36.7. The molecule has 1 aromatic rings. The van der Waals surface area contributed by atoms with E-state index in [0.717, 1.165) is 0 Å². The highest BCUT2D eigenvalue weighted by molar-refractivity contribution is 8.00. The van der Waals surface area contributed by atoms with E-state index in [9.17, 15) is 0 Å². The molecule has 0 saturated heterocycles. The number of aromatic amines is 1. The highest BCUT2D eigenvalue weighted by atomic mass is 32.2. The van der Waals surface area contributed by atoms with E-state index < -0.39 is 0 Å². The molecule has 3 N–H and O–H groups in total. The van der Waals surface area contributed by atoms with E-state index in [1.807, 2.05) is 12.1 Å². The van der Waals surface area contributed by atoms with Crippen molar-refractivity contribution in [1.29, 1.82) is 10.5 Å². The Morgan fingerprint density at radius 1 is 0.941 bits per heavy atom. The number of nitrogens with zero attached hydrogens (tertiary/aromatic N) is 2. The van der Waals surface area contributed by atoms with Crippen LogP contribution in [0.2, 0.25) is 0 Å². The van der Waals surface area contributed by atoms with Crippen molar-refractivity contribution in [3.63, 3.8) is 0 Å². The molecule has 0 bridgehead atoms. The molecule has 17 heavy (non-hydrogen) atoms. The summed E-state index contributed by atoms with van der Waals surface area (Å²) < 4.78 is 0. The third kappa shape index (κ3) is 3.42. The number of hydrogen-bond acceptors (Lipinski definition) is 6. The van der Waals surface area contributed by atoms with Crippen molar-refractivity contribution >= 4 is 23.5 Å². The molecule has 0 aliphatic rings. The van der Waals surface area contributed by atoms with Gasteiger partial charge in [-0.05, 0) is 0 Å². The van der Waals surface area contributed by atoms with Crippen LogP contribution in [0.5, 0.6) is 0 Å². The van der Waals surface area contributed by atoms with Crippen LogP contribution in [0.1, 0.15) is 11.1 Å². The molecule has 0 aromatic carbocycles. The number of H-pyrrole nitrogens is 1. The molecule has 1 rings (SSSR count). The van der Waals surface area contributed by atoms with E-state index in [4.69, 9.17) is 20.7 Å². The molecule has 1 aromatic heterocycles. The van der Waals surface area contributed by atoms with Crippen LogP contribution < -0.4 is 0 Å². The Balaban J connectivity index is 3.03. The second-order valence-corrected chi connectivity index (χ2v) is 5.11. The third-order valence-electron chi connectivity index (χ3n) is 1.83. The van der Waals surface area contributed by atoms with Crippen LogP contribution >= 0.6 is 23.5 Å². The fourth-order valence-corrected chi connectivity index (χ4v) is 2.77. The lowest BCUT2D eigenvalue weighted by atomic mass is 10.2. The van der Waals surface area contributed by atoms with E-state index in [-0.39, 0.29) is 13.2 Å². The predicted molar refractivity (Wildman–Crippen MR) is 65.8 cm³/mol. The Morgan fingerprint density at radius 2 is 1.35 bits per heavy atom. The van der Waals surface area contributed by atoms with Gasteiger partial charge in [0.1, 0.15) is 23.3 Å². The molecule has 5 nitrogen and oxygen atoms in total. The first-order valence-corrected chi connectivity index (χ1v) is 6.79. The van der Waals surface area contributed by atoms with Crippen molar-refractivity contribution in [1.82, 2.24) is 4.98 Å². The van der Waals surface area contributed by atoms with Crippen molar-refractivity contribution in [2.24, 2.45) is 0 Å². The average molecular weight is 269 g/mol. The van der Waals surface area contributed by atoms with Gasteiger partial charge in [-0.1, -0.05) is 0 Å². The predicted octanol–water partition coefficient (Wildman–Crippen LogP) is 0.927. The SMILES string of the molecule is N#Cc1c(SCCO)[nH]c(SCCO)c1C#N. The summed E-state index contributed by atoms with van der Waals surface area (Å²) in [6, 6.07) is 3.98. The number of nitriles is 2. The van der Waals surface area contributed by atoms with Gasteiger partial charge in [0.15, 0.2) is 0 Å². The monoisotopic (exact) mass is 269 g/mol. The van der Waals surface area contributed by atoms with Gasteiger partial charge in [-0.3, -0.25) is 0 Å². The normalized spacial score (nSPS) is 9.88. The molecular formula is C10H11N3O2S2. The molecule has 90 valence electrons. The Labute approximate surface area is 107 Å². The number of rotatable bonds is 6. The zero-order valence-electron chi connectivity index (χ0n) is 8.93. The van der Waals surface area contributed by atoms with Gasteiger partial charge in [-0.15, -0.1) is 23.5 Å². The molecule has 0 amide bonds. The molecule has 0 aliphatic carbocycles. The van der Waals surface area contributed by atoms with Crippen molar-refractivity contribution in [2.45, 2.75) is 10.1 Å². The van der Waals surface area contributed by atoms with Crippen LogP contribution in [-0.4, -0.2) is 39.9 Å². The number of hydrogen-bond donors (Lipinski definition) is 3. The first-order chi connectivity index (χ1) is 8.28. The summed E-state index contributed by atoms with van der Waals surface area (Å²) in [6.45, 7) is 0.0190. The Hall–Kier alpha value is -1.12. The van der Waals surface area contributed by atoms with Crippen LogP contribution in [0.15, 0.2) is 10.1 Å². The van der Waals surface area contributed by atoms with Crippen LogP contribution in [0.4, 0.5) is 0 Å². The molecule has 0 spiro atoms. The van der Waals surface area contributed by atoms with E-state index >= 15 is 0 Å². The second-order valence-electron chi connectivity index (χ2n) is 2.90. The Morgan fingerprint density at radius 3 is 1.65 bits per heavy atom. The minimum absolute atomic E-state index is 0.00948. The molecule has 1 heterocycles. The first kappa shape index (κ1) is 13.9. The summed E-state index contributed by atoms with van der Waals surface area (Å²) in [5.41, 5.74) is 0.623. The van der Waals surface area contributed by atoms with Gasteiger partial charge >= 0.3 is 0 Å². The fraction of sp³-hybridized carbons (Fsp3) is 0.400. The molecule has 7 heteroatoms. The van der Waals surface area contributed by atoms with Gasteiger partial charge in [-0.2, -0.15) is 10.5 Å². The largest absolute Gasteiger partial charge is 0.396 e. The van der Waals surface area contributed by atoms with Gasteiger partial charge in [0.05, 0.1) is 23.3 Å². The standard InChI is InChI=1S/C10H11N3O2S2/c11-5-7-8(6-12)10(17-4-2-15)13-9(7)16-3-1-14/h13-15H,1-4H2. The smallest absolute Gasteiger partial charge is 0.103 e. The number of aliphatic hydroxyl groups excluding tert-OH is 2. The molecule has 0 fully saturated rings. The minimum atomic E-state index is 0.00948. The van der Waals surface area contributed by atoms with Crippen LogP contribution in [0, 0.1) is 22.7 Å². The quantitative estimate of drug-likeness (QED) is 0.664. The van der Waals surface area contributed by atoms with Gasteiger partial charge in [-0.25, -0.2) is 0 Å². The number of thioether (sulfide) groups is 2. The van der Waals surface area contributed by atoms with E-state index in [1.54, 1.807) is 0 Å². The van der Waals surface area contributed by atoms with Crippen LogP contribution in [-0.2, 0) is 0 Å². The van der Waals surface area contributed by atoms with E-state index in [0.29, 0.717) is 32.7 Å². The van der Waals surface area contributed by atoms with Crippen molar-refractivity contribution < 1.29 is 10.2 Å². The third-order valence-corrected chi connectivity index (χ3v) is 3.79. The maximum atomic E-state index is 9.01. The summed E-state index contributed by atoms with van der Waals surface area (Å²) in [6.07, 6.45) is 0. The lowest BCUT2D eigenvalue weighted by molar-refractivity contribution is 0.322.